The first-order valence-corrected chi connectivity index (χ1v) is 8.43. The molecule has 0 bridgehead atoms. The van der Waals surface area contributed by atoms with E-state index < -0.39 is 0 Å². The van der Waals surface area contributed by atoms with Crippen LogP contribution in [-0.4, -0.2) is 64.1 Å². The number of nitrogens with zero attached hydrogens (tertiary/aromatic N) is 4. The standard InChI is InChI=1S/C18H23N5O2/c1-14-12-17(23(20-14)16-6-4-3-5-7-16)19-18(25)13-21-8-10-22(11-9-21)15(2)24/h3-7,12H,8-11,13H2,1-2H3,(H,19,25). The average molecular weight is 341 g/mol. The molecule has 0 saturated carbocycles. The number of aromatic nitrogens is 2. The molecule has 25 heavy (non-hydrogen) atoms. The van der Waals surface area contributed by atoms with Crippen LogP contribution in [0.1, 0.15) is 12.6 Å². The van der Waals surface area contributed by atoms with Gasteiger partial charge in [-0.2, -0.15) is 5.10 Å². The van der Waals surface area contributed by atoms with Crippen molar-refractivity contribution in [2.24, 2.45) is 0 Å². The van der Waals surface area contributed by atoms with Crippen LogP contribution < -0.4 is 5.32 Å². The normalized spacial score (nSPS) is 15.2. The zero-order valence-corrected chi connectivity index (χ0v) is 14.6. The van der Waals surface area contributed by atoms with Crippen LogP contribution in [0.15, 0.2) is 36.4 Å². The van der Waals surface area contributed by atoms with Gasteiger partial charge in [0.15, 0.2) is 0 Å². The predicted molar refractivity (Wildman–Crippen MR) is 95.6 cm³/mol. The minimum atomic E-state index is -0.0756. The summed E-state index contributed by atoms with van der Waals surface area (Å²) in [5, 5.41) is 7.40. The Balaban J connectivity index is 1.62. The second-order valence-electron chi connectivity index (χ2n) is 6.25. The number of nitrogens with one attached hydrogen (secondary N) is 1. The molecular weight excluding hydrogens is 318 g/mol. The number of hydrogen-bond acceptors (Lipinski definition) is 4. The van der Waals surface area contributed by atoms with Crippen LogP contribution in [0.2, 0.25) is 0 Å². The number of carbonyl (C=O) groups is 2. The first kappa shape index (κ1) is 17.2. The van der Waals surface area contributed by atoms with Crippen molar-refractivity contribution >= 4 is 17.6 Å². The Morgan fingerprint density at radius 2 is 1.80 bits per heavy atom. The molecule has 7 heteroatoms. The molecular formula is C18H23N5O2. The summed E-state index contributed by atoms with van der Waals surface area (Å²) in [7, 11) is 0. The first-order valence-electron chi connectivity index (χ1n) is 8.43. The van der Waals surface area contributed by atoms with Gasteiger partial charge in [-0.15, -0.1) is 0 Å². The maximum Gasteiger partial charge on any atom is 0.239 e. The fourth-order valence-corrected chi connectivity index (χ4v) is 2.96. The van der Waals surface area contributed by atoms with Crippen LogP contribution >= 0.6 is 0 Å². The van der Waals surface area contributed by atoms with E-state index in [2.05, 4.69) is 15.3 Å². The highest BCUT2D eigenvalue weighted by Crippen LogP contribution is 2.17. The van der Waals surface area contributed by atoms with Gasteiger partial charge in [0.1, 0.15) is 5.82 Å². The third kappa shape index (κ3) is 4.24. The van der Waals surface area contributed by atoms with E-state index in [1.807, 2.05) is 48.2 Å². The van der Waals surface area contributed by atoms with Gasteiger partial charge in [-0.1, -0.05) is 18.2 Å². The third-order valence-electron chi connectivity index (χ3n) is 4.28. The highest BCUT2D eigenvalue weighted by atomic mass is 16.2. The van der Waals surface area contributed by atoms with E-state index in [0.29, 0.717) is 38.5 Å². The molecule has 1 saturated heterocycles. The van der Waals surface area contributed by atoms with Gasteiger partial charge in [0.25, 0.3) is 0 Å². The summed E-state index contributed by atoms with van der Waals surface area (Å²) in [4.78, 5) is 27.6. The number of anilines is 1. The average Bonchev–Trinajstić information content (AvgIpc) is 2.96. The van der Waals surface area contributed by atoms with Crippen LogP contribution in [0.4, 0.5) is 5.82 Å². The largest absolute Gasteiger partial charge is 0.340 e. The highest BCUT2D eigenvalue weighted by Gasteiger charge is 2.21. The van der Waals surface area contributed by atoms with Crippen molar-refractivity contribution in [3.05, 3.63) is 42.1 Å². The number of piperazine rings is 1. The van der Waals surface area contributed by atoms with Gasteiger partial charge in [-0.25, -0.2) is 4.68 Å². The highest BCUT2D eigenvalue weighted by molar-refractivity contribution is 5.91. The maximum atomic E-state index is 12.4. The number of aryl methyl sites for hydroxylation is 1. The Morgan fingerprint density at radius 1 is 1.12 bits per heavy atom. The van der Waals surface area contributed by atoms with E-state index in [1.165, 1.54) is 0 Å². The van der Waals surface area contributed by atoms with E-state index in [1.54, 1.807) is 11.6 Å². The van der Waals surface area contributed by atoms with E-state index in [4.69, 9.17) is 0 Å². The van der Waals surface area contributed by atoms with Gasteiger partial charge >= 0.3 is 0 Å². The van der Waals surface area contributed by atoms with Crippen LogP contribution in [0.3, 0.4) is 0 Å². The lowest BCUT2D eigenvalue weighted by Gasteiger charge is -2.33. The molecule has 0 aliphatic carbocycles. The van der Waals surface area contributed by atoms with E-state index in [-0.39, 0.29) is 11.8 Å². The molecule has 1 aromatic heterocycles. The molecule has 0 atom stereocenters. The molecule has 7 nitrogen and oxygen atoms in total. The molecule has 2 amide bonds. The summed E-state index contributed by atoms with van der Waals surface area (Å²) in [6.45, 7) is 6.55. The van der Waals surface area contributed by atoms with Gasteiger partial charge in [0, 0.05) is 39.2 Å². The zero-order chi connectivity index (χ0) is 17.8. The molecule has 1 N–H and O–H groups in total. The SMILES string of the molecule is CC(=O)N1CCN(CC(=O)Nc2cc(C)nn2-c2ccccc2)CC1. The third-order valence-corrected chi connectivity index (χ3v) is 4.28. The van der Waals surface area contributed by atoms with Crippen molar-refractivity contribution in [2.45, 2.75) is 13.8 Å². The predicted octanol–water partition coefficient (Wildman–Crippen LogP) is 1.28. The van der Waals surface area contributed by atoms with E-state index in [0.717, 1.165) is 11.4 Å². The lowest BCUT2D eigenvalue weighted by atomic mass is 10.3. The minimum absolute atomic E-state index is 0.0756. The minimum Gasteiger partial charge on any atom is -0.340 e. The monoisotopic (exact) mass is 341 g/mol. The fourth-order valence-electron chi connectivity index (χ4n) is 2.96. The van der Waals surface area contributed by atoms with E-state index >= 15 is 0 Å². The summed E-state index contributed by atoms with van der Waals surface area (Å²) in [6.07, 6.45) is 0. The van der Waals surface area contributed by atoms with Gasteiger partial charge in [-0.3, -0.25) is 14.5 Å². The molecule has 1 aliphatic rings. The Labute approximate surface area is 147 Å². The van der Waals surface area contributed by atoms with Crippen molar-refractivity contribution in [1.82, 2.24) is 19.6 Å². The number of benzene rings is 1. The maximum absolute atomic E-state index is 12.4. The molecule has 3 rings (SSSR count). The number of hydrogen-bond donors (Lipinski definition) is 1. The molecule has 2 aromatic rings. The quantitative estimate of drug-likeness (QED) is 0.910. The first-order chi connectivity index (χ1) is 12.0. The van der Waals surface area contributed by atoms with Gasteiger partial charge in [-0.05, 0) is 19.1 Å². The van der Waals surface area contributed by atoms with Crippen molar-refractivity contribution < 1.29 is 9.59 Å². The number of rotatable bonds is 4. The molecule has 0 radical (unpaired) electrons. The number of para-hydroxylation sites is 1. The van der Waals surface area contributed by atoms with Crippen molar-refractivity contribution in [3.8, 4) is 5.69 Å². The summed E-state index contributed by atoms with van der Waals surface area (Å²) in [6, 6.07) is 11.6. The van der Waals surface area contributed by atoms with Crippen LogP contribution in [0, 0.1) is 6.92 Å². The Kier molecular flexibility index (Phi) is 5.14. The lowest BCUT2D eigenvalue weighted by molar-refractivity contribution is -0.130. The second-order valence-corrected chi connectivity index (χ2v) is 6.25. The topological polar surface area (TPSA) is 70.5 Å². The number of amides is 2. The van der Waals surface area contributed by atoms with Crippen LogP contribution in [0.5, 0.6) is 0 Å². The molecule has 132 valence electrons. The van der Waals surface area contributed by atoms with Gasteiger partial charge < -0.3 is 10.2 Å². The van der Waals surface area contributed by atoms with E-state index in [9.17, 15) is 9.59 Å². The lowest BCUT2D eigenvalue weighted by Crippen LogP contribution is -2.49. The van der Waals surface area contributed by atoms with Crippen molar-refractivity contribution in [3.63, 3.8) is 0 Å². The molecule has 1 aromatic carbocycles. The Bertz CT molecular complexity index is 748. The summed E-state index contributed by atoms with van der Waals surface area (Å²) >= 11 is 0. The summed E-state index contributed by atoms with van der Waals surface area (Å²) in [5.41, 5.74) is 1.75. The smallest absolute Gasteiger partial charge is 0.239 e. The molecule has 0 spiro atoms. The molecule has 1 aliphatic heterocycles. The van der Waals surface area contributed by atoms with Crippen molar-refractivity contribution in [2.75, 3.05) is 38.0 Å². The summed E-state index contributed by atoms with van der Waals surface area (Å²) in [5.74, 6) is 0.677. The zero-order valence-electron chi connectivity index (χ0n) is 14.6. The summed E-state index contributed by atoms with van der Waals surface area (Å²) < 4.78 is 1.74. The van der Waals surface area contributed by atoms with Gasteiger partial charge in [0.05, 0.1) is 17.9 Å². The molecule has 0 unspecified atom stereocenters. The van der Waals surface area contributed by atoms with Crippen LogP contribution in [-0.2, 0) is 9.59 Å². The Morgan fingerprint density at radius 3 is 2.44 bits per heavy atom. The van der Waals surface area contributed by atoms with Gasteiger partial charge in [0.2, 0.25) is 11.8 Å². The Hall–Kier alpha value is -2.67. The van der Waals surface area contributed by atoms with Crippen LogP contribution in [0.25, 0.3) is 5.69 Å². The fraction of sp³-hybridized carbons (Fsp3) is 0.389. The second kappa shape index (κ2) is 7.48. The molecule has 1 fully saturated rings. The number of carbonyl (C=O) groups excluding carboxylic acids is 2. The van der Waals surface area contributed by atoms with Crippen molar-refractivity contribution in [1.29, 1.82) is 0 Å². The molecule has 2 heterocycles.